The second-order valence-electron chi connectivity index (χ2n) is 4.06. The fourth-order valence-electron chi connectivity index (χ4n) is 1.63. The molecule has 3 heterocycles. The minimum Gasteiger partial charge on any atom is -0.422 e. The molecule has 0 aromatic carbocycles. The van der Waals surface area contributed by atoms with E-state index in [2.05, 4.69) is 20.3 Å². The van der Waals surface area contributed by atoms with Crippen molar-refractivity contribution in [2.45, 2.75) is 0 Å². The molecule has 0 amide bonds. The van der Waals surface area contributed by atoms with Crippen molar-refractivity contribution in [1.82, 2.24) is 15.0 Å². The molecule has 6 nitrogen and oxygen atoms in total. The molecule has 21 heavy (non-hydrogen) atoms. The molecule has 7 heteroatoms. The van der Waals surface area contributed by atoms with Gasteiger partial charge in [-0.05, 0) is 24.3 Å². The molecule has 0 bridgehead atoms. The number of hydrogen-bond acceptors (Lipinski definition) is 6. The molecule has 0 aliphatic rings. The van der Waals surface area contributed by atoms with Crippen LogP contribution in [0.15, 0.2) is 47.3 Å². The summed E-state index contributed by atoms with van der Waals surface area (Å²) < 4.78 is 18.3. The molecule has 3 aromatic heterocycles. The Kier molecular flexibility index (Phi) is 3.27. The minimum atomic E-state index is -0.416. The maximum absolute atomic E-state index is 12.8. The summed E-state index contributed by atoms with van der Waals surface area (Å²) in [4.78, 5) is 11.9. The van der Waals surface area contributed by atoms with Crippen molar-refractivity contribution in [2.24, 2.45) is 0 Å². The van der Waals surface area contributed by atoms with Crippen LogP contribution < -0.4 is 5.32 Å². The molecule has 0 unspecified atom stereocenters. The second-order valence-corrected chi connectivity index (χ2v) is 4.06. The van der Waals surface area contributed by atoms with Crippen LogP contribution in [0.4, 0.5) is 16.1 Å². The summed E-state index contributed by atoms with van der Waals surface area (Å²) in [5, 5.41) is 11.6. The zero-order valence-corrected chi connectivity index (χ0v) is 10.6. The Morgan fingerprint density at radius 2 is 1.95 bits per heavy atom. The van der Waals surface area contributed by atoms with Gasteiger partial charge < -0.3 is 9.73 Å². The van der Waals surface area contributed by atoms with Crippen molar-refractivity contribution in [1.29, 1.82) is 5.26 Å². The molecular formula is C14H8FN5O. The molecule has 0 radical (unpaired) electrons. The fourth-order valence-corrected chi connectivity index (χ4v) is 1.63. The molecule has 0 saturated heterocycles. The van der Waals surface area contributed by atoms with Gasteiger partial charge in [-0.3, -0.25) is 0 Å². The zero-order chi connectivity index (χ0) is 14.7. The summed E-state index contributed by atoms with van der Waals surface area (Å²) >= 11 is 0. The van der Waals surface area contributed by atoms with Crippen LogP contribution in [0.1, 0.15) is 5.69 Å². The average molecular weight is 281 g/mol. The van der Waals surface area contributed by atoms with Gasteiger partial charge in [-0.1, -0.05) is 0 Å². The number of aromatic nitrogens is 3. The van der Waals surface area contributed by atoms with Crippen LogP contribution >= 0.6 is 0 Å². The molecule has 1 N–H and O–H groups in total. The maximum atomic E-state index is 12.8. The van der Waals surface area contributed by atoms with Crippen molar-refractivity contribution in [3.63, 3.8) is 0 Å². The van der Waals surface area contributed by atoms with Gasteiger partial charge in [-0.2, -0.15) is 5.26 Å². The van der Waals surface area contributed by atoms with Crippen molar-refractivity contribution in [2.75, 3.05) is 5.32 Å². The predicted octanol–water partition coefficient (Wildman–Crippen LogP) is 2.89. The number of halogens is 1. The van der Waals surface area contributed by atoms with E-state index in [0.29, 0.717) is 22.8 Å². The molecule has 3 aromatic rings. The first-order valence-corrected chi connectivity index (χ1v) is 5.95. The maximum Gasteiger partial charge on any atom is 0.299 e. The van der Waals surface area contributed by atoms with Gasteiger partial charge in [-0.15, -0.1) is 0 Å². The first kappa shape index (κ1) is 12.7. The summed E-state index contributed by atoms with van der Waals surface area (Å²) in [7, 11) is 0. The van der Waals surface area contributed by atoms with E-state index in [1.54, 1.807) is 12.1 Å². The van der Waals surface area contributed by atoms with E-state index in [1.807, 2.05) is 6.07 Å². The first-order chi connectivity index (χ1) is 10.2. The largest absolute Gasteiger partial charge is 0.422 e. The van der Waals surface area contributed by atoms with Crippen LogP contribution in [0, 0.1) is 17.1 Å². The van der Waals surface area contributed by atoms with Crippen LogP contribution in [0.25, 0.3) is 11.5 Å². The highest BCUT2D eigenvalue weighted by atomic mass is 19.1. The zero-order valence-electron chi connectivity index (χ0n) is 10.6. The van der Waals surface area contributed by atoms with Crippen LogP contribution in [-0.2, 0) is 0 Å². The van der Waals surface area contributed by atoms with Gasteiger partial charge in [0, 0.05) is 0 Å². The first-order valence-electron chi connectivity index (χ1n) is 5.95. The third-order valence-electron chi connectivity index (χ3n) is 2.61. The number of pyridine rings is 2. The van der Waals surface area contributed by atoms with Crippen LogP contribution in [0.5, 0.6) is 0 Å². The van der Waals surface area contributed by atoms with Gasteiger partial charge in [0.05, 0.1) is 24.3 Å². The van der Waals surface area contributed by atoms with Crippen LogP contribution in [-0.4, -0.2) is 15.0 Å². The molecule has 0 fully saturated rings. The van der Waals surface area contributed by atoms with E-state index in [1.165, 1.54) is 24.5 Å². The second kappa shape index (κ2) is 5.38. The number of anilines is 2. The SMILES string of the molecule is N#Cc1ccc(Nc2ncc(-c3ccc(F)cn3)o2)cn1. The Bertz CT molecular complexity index is 789. The normalized spacial score (nSPS) is 10.1. The molecule has 102 valence electrons. The third kappa shape index (κ3) is 2.84. The standard InChI is InChI=1S/C14H8FN5O/c15-9-1-4-12(18-6-9)13-8-19-14(21-13)20-11-3-2-10(5-16)17-7-11/h1-4,6-8H,(H,19,20). The number of nitrogens with zero attached hydrogens (tertiary/aromatic N) is 4. The lowest BCUT2D eigenvalue weighted by Crippen LogP contribution is -1.91. The average Bonchev–Trinajstić information content (AvgIpc) is 2.97. The number of nitriles is 1. The molecule has 0 saturated carbocycles. The Morgan fingerprint density at radius 1 is 1.05 bits per heavy atom. The van der Waals surface area contributed by atoms with Gasteiger partial charge in [0.15, 0.2) is 5.76 Å². The lowest BCUT2D eigenvalue weighted by molar-refractivity contribution is 0.587. The van der Waals surface area contributed by atoms with Gasteiger partial charge >= 0.3 is 0 Å². The summed E-state index contributed by atoms with van der Waals surface area (Å²) in [5.74, 6) is -0.000579. The summed E-state index contributed by atoms with van der Waals surface area (Å²) in [6.07, 6.45) is 4.09. The van der Waals surface area contributed by atoms with Crippen LogP contribution in [0.3, 0.4) is 0 Å². The highest BCUT2D eigenvalue weighted by molar-refractivity contribution is 5.56. The number of rotatable bonds is 3. The highest BCUT2D eigenvalue weighted by Crippen LogP contribution is 2.22. The van der Waals surface area contributed by atoms with Crippen molar-refractivity contribution >= 4 is 11.7 Å². The van der Waals surface area contributed by atoms with Gasteiger partial charge in [-0.25, -0.2) is 19.3 Å². The summed E-state index contributed by atoms with van der Waals surface area (Å²) in [5.41, 5.74) is 1.44. The van der Waals surface area contributed by atoms with E-state index in [-0.39, 0.29) is 6.01 Å². The smallest absolute Gasteiger partial charge is 0.299 e. The lowest BCUT2D eigenvalue weighted by Gasteiger charge is -2.00. The Morgan fingerprint density at radius 3 is 2.62 bits per heavy atom. The van der Waals surface area contributed by atoms with E-state index in [0.717, 1.165) is 6.20 Å². The number of hydrogen-bond donors (Lipinski definition) is 1. The van der Waals surface area contributed by atoms with E-state index >= 15 is 0 Å². The van der Waals surface area contributed by atoms with E-state index < -0.39 is 5.82 Å². The summed E-state index contributed by atoms with van der Waals surface area (Å²) in [6.45, 7) is 0. The van der Waals surface area contributed by atoms with Gasteiger partial charge in [0.2, 0.25) is 0 Å². The predicted molar refractivity (Wildman–Crippen MR) is 71.9 cm³/mol. The van der Waals surface area contributed by atoms with Crippen molar-refractivity contribution in [3.8, 4) is 17.5 Å². The molecule has 0 spiro atoms. The minimum absolute atomic E-state index is 0.252. The molecule has 0 aliphatic carbocycles. The number of oxazole rings is 1. The monoisotopic (exact) mass is 281 g/mol. The third-order valence-corrected chi connectivity index (χ3v) is 2.61. The lowest BCUT2D eigenvalue weighted by atomic mass is 10.3. The molecule has 3 rings (SSSR count). The van der Waals surface area contributed by atoms with Crippen molar-refractivity contribution < 1.29 is 8.81 Å². The van der Waals surface area contributed by atoms with Gasteiger partial charge in [0.25, 0.3) is 6.01 Å². The summed E-state index contributed by atoms with van der Waals surface area (Å²) in [6, 6.07) is 8.24. The van der Waals surface area contributed by atoms with Gasteiger partial charge in [0.1, 0.15) is 23.3 Å². The topological polar surface area (TPSA) is 87.6 Å². The Hall–Kier alpha value is -3.27. The fraction of sp³-hybridized carbons (Fsp3) is 0. The molecule has 0 aliphatic heterocycles. The Balaban J connectivity index is 1.78. The quantitative estimate of drug-likeness (QED) is 0.794. The highest BCUT2D eigenvalue weighted by Gasteiger charge is 2.08. The molecular weight excluding hydrogens is 273 g/mol. The van der Waals surface area contributed by atoms with E-state index in [9.17, 15) is 4.39 Å². The number of nitrogens with one attached hydrogen (secondary N) is 1. The Labute approximate surface area is 118 Å². The van der Waals surface area contributed by atoms with Crippen LogP contribution in [0.2, 0.25) is 0 Å². The molecule has 0 atom stereocenters. The van der Waals surface area contributed by atoms with Crippen molar-refractivity contribution in [3.05, 3.63) is 54.4 Å². The van der Waals surface area contributed by atoms with E-state index in [4.69, 9.17) is 9.68 Å².